The van der Waals surface area contributed by atoms with Crippen molar-refractivity contribution in [3.8, 4) is 39.1 Å². The van der Waals surface area contributed by atoms with Crippen molar-refractivity contribution in [2.75, 3.05) is 4.90 Å². The second-order valence-electron chi connectivity index (χ2n) is 18.4. The first-order chi connectivity index (χ1) is 34.7. The Labute approximate surface area is 411 Å². The number of fused-ring (bicyclic) bond motifs is 9. The Morgan fingerprint density at radius 1 is 0.343 bits per heavy atom. The fourth-order valence-electron chi connectivity index (χ4n) is 11.7. The number of para-hydroxylation sites is 2. The van der Waals surface area contributed by atoms with Crippen LogP contribution < -0.4 is 4.90 Å². The summed E-state index contributed by atoms with van der Waals surface area (Å²) in [6.07, 6.45) is 0. The maximum Gasteiger partial charge on any atom is 0.0727 e. The highest BCUT2D eigenvalue weighted by Crippen LogP contribution is 2.57. The predicted molar refractivity (Wildman–Crippen MR) is 297 cm³/mol. The first-order valence-electron chi connectivity index (χ1n) is 24.1. The van der Waals surface area contributed by atoms with Crippen molar-refractivity contribution >= 4 is 70.4 Å². The van der Waals surface area contributed by atoms with E-state index < -0.39 is 5.41 Å². The van der Waals surface area contributed by atoms with Crippen molar-refractivity contribution in [1.29, 1.82) is 0 Å². The van der Waals surface area contributed by atoms with Crippen LogP contribution in [-0.2, 0) is 5.41 Å². The Morgan fingerprint density at radius 3 is 1.69 bits per heavy atom. The fourth-order valence-corrected chi connectivity index (χ4v) is 13.0. The maximum atomic E-state index is 2.45. The van der Waals surface area contributed by atoms with Crippen molar-refractivity contribution in [3.05, 3.63) is 289 Å². The summed E-state index contributed by atoms with van der Waals surface area (Å²) in [6, 6.07) is 98.4. The minimum absolute atomic E-state index is 0.530. The molecule has 328 valence electrons. The van der Waals surface area contributed by atoms with Crippen LogP contribution in [0.1, 0.15) is 22.3 Å². The molecule has 0 radical (unpaired) electrons. The highest BCUT2D eigenvalue weighted by Gasteiger charge is 2.46. The number of rotatable bonds is 8. The van der Waals surface area contributed by atoms with Gasteiger partial charge in [-0.15, -0.1) is 11.3 Å². The highest BCUT2D eigenvalue weighted by molar-refractivity contribution is 7.27. The lowest BCUT2D eigenvalue weighted by Gasteiger charge is -2.35. The van der Waals surface area contributed by atoms with Crippen molar-refractivity contribution in [2.24, 2.45) is 0 Å². The zero-order chi connectivity index (χ0) is 46.2. The lowest BCUT2D eigenvalue weighted by Crippen LogP contribution is -2.28. The number of anilines is 3. The van der Waals surface area contributed by atoms with Gasteiger partial charge in [-0.05, 0) is 121 Å². The molecule has 0 N–H and O–H groups in total. The number of thiophene rings is 1. The first kappa shape index (κ1) is 40.3. The topological polar surface area (TPSA) is 8.17 Å². The largest absolute Gasteiger partial charge is 0.310 e. The Kier molecular flexibility index (Phi) is 9.33. The van der Waals surface area contributed by atoms with E-state index in [0.29, 0.717) is 0 Å². The van der Waals surface area contributed by atoms with E-state index in [-0.39, 0.29) is 0 Å². The van der Waals surface area contributed by atoms with Gasteiger partial charge < -0.3 is 9.47 Å². The standard InChI is InChI=1S/C67H44N2S/c1-3-22-48(23-4-1)67(61-36-12-9-30-57(61)58-31-10-13-37-62(58)67)49-24-17-28-53(44-49)68(51-41-39-46(40-42-51)55-33-16-20-45-19-7-8-29-54(45)55)52-27-15-21-47(43-52)56-34-18-35-60-64-66(70-65(56)60)59-32-11-14-38-63(59)69(64)50-25-5-2-6-26-50/h1-44H. The molecule has 0 bridgehead atoms. The van der Waals surface area contributed by atoms with Crippen LogP contribution in [0.2, 0.25) is 0 Å². The van der Waals surface area contributed by atoms with E-state index in [4.69, 9.17) is 0 Å². The third-order valence-electron chi connectivity index (χ3n) is 14.7. The van der Waals surface area contributed by atoms with E-state index in [9.17, 15) is 0 Å². The summed E-state index contributed by atoms with van der Waals surface area (Å²) in [7, 11) is 0. The van der Waals surface area contributed by atoms with Crippen molar-refractivity contribution in [2.45, 2.75) is 5.41 Å². The molecule has 14 rings (SSSR count). The molecule has 0 amide bonds. The molecule has 0 spiro atoms. The summed E-state index contributed by atoms with van der Waals surface area (Å²) in [5.41, 5.74) is 18.9. The Hall–Kier alpha value is -8.76. The summed E-state index contributed by atoms with van der Waals surface area (Å²) in [4.78, 5) is 2.45. The zero-order valence-electron chi connectivity index (χ0n) is 38.2. The van der Waals surface area contributed by atoms with Crippen LogP contribution in [0.25, 0.3) is 81.0 Å². The van der Waals surface area contributed by atoms with E-state index in [1.54, 1.807) is 0 Å². The fraction of sp³-hybridized carbons (Fsp3) is 0.0149. The third-order valence-corrected chi connectivity index (χ3v) is 15.9. The second kappa shape index (κ2) is 16.2. The SMILES string of the molecule is c1ccc(-n2c3ccccc3c3sc4c(-c5cccc(N(c6ccc(-c7cccc8ccccc78)cc6)c6cccc(C7(c8ccccc8)c8ccccc8-c8ccccc87)c6)c5)cccc4c32)cc1. The Bertz CT molecular complexity index is 4070. The summed E-state index contributed by atoms with van der Waals surface area (Å²) in [5.74, 6) is 0. The van der Waals surface area contributed by atoms with Crippen molar-refractivity contribution in [1.82, 2.24) is 4.57 Å². The smallest absolute Gasteiger partial charge is 0.0727 e. The zero-order valence-corrected chi connectivity index (χ0v) is 39.0. The van der Waals surface area contributed by atoms with E-state index in [1.807, 2.05) is 11.3 Å². The molecular formula is C67H44N2S. The number of hydrogen-bond donors (Lipinski definition) is 0. The molecule has 0 saturated carbocycles. The van der Waals surface area contributed by atoms with Crippen LogP contribution >= 0.6 is 11.3 Å². The van der Waals surface area contributed by atoms with Gasteiger partial charge in [-0.25, -0.2) is 0 Å². The Balaban J connectivity index is 0.970. The second-order valence-corrected chi connectivity index (χ2v) is 19.4. The van der Waals surface area contributed by atoms with Gasteiger partial charge in [0.25, 0.3) is 0 Å². The molecule has 11 aromatic carbocycles. The van der Waals surface area contributed by atoms with Crippen LogP contribution in [0.3, 0.4) is 0 Å². The molecular weight excluding hydrogens is 865 g/mol. The van der Waals surface area contributed by atoms with Gasteiger partial charge in [0, 0.05) is 38.2 Å². The van der Waals surface area contributed by atoms with Crippen LogP contribution in [-0.4, -0.2) is 4.57 Å². The number of hydrogen-bond acceptors (Lipinski definition) is 2. The van der Waals surface area contributed by atoms with Gasteiger partial charge in [0.2, 0.25) is 0 Å². The highest BCUT2D eigenvalue weighted by atomic mass is 32.1. The van der Waals surface area contributed by atoms with E-state index in [0.717, 1.165) is 17.1 Å². The molecule has 0 unspecified atom stereocenters. The first-order valence-corrected chi connectivity index (χ1v) is 24.9. The van der Waals surface area contributed by atoms with Gasteiger partial charge in [-0.2, -0.15) is 0 Å². The summed E-state index contributed by atoms with van der Waals surface area (Å²) >= 11 is 1.90. The van der Waals surface area contributed by atoms with Crippen molar-refractivity contribution < 1.29 is 0 Å². The minimum atomic E-state index is -0.530. The molecule has 13 aromatic rings. The van der Waals surface area contributed by atoms with Crippen LogP contribution in [0.15, 0.2) is 267 Å². The van der Waals surface area contributed by atoms with Crippen molar-refractivity contribution in [3.63, 3.8) is 0 Å². The average Bonchev–Trinajstić information content (AvgIpc) is 4.08. The summed E-state index contributed by atoms with van der Waals surface area (Å²) in [6.45, 7) is 0. The molecule has 70 heavy (non-hydrogen) atoms. The van der Waals surface area contributed by atoms with Gasteiger partial charge >= 0.3 is 0 Å². The van der Waals surface area contributed by atoms with Gasteiger partial charge in [0.05, 0.1) is 21.1 Å². The molecule has 2 nitrogen and oxygen atoms in total. The van der Waals surface area contributed by atoms with E-state index >= 15 is 0 Å². The van der Waals surface area contributed by atoms with Crippen LogP contribution in [0, 0.1) is 0 Å². The average molecular weight is 909 g/mol. The van der Waals surface area contributed by atoms with Gasteiger partial charge in [-0.3, -0.25) is 0 Å². The quantitative estimate of drug-likeness (QED) is 0.147. The molecule has 0 atom stereocenters. The Morgan fingerprint density at radius 2 is 0.900 bits per heavy atom. The van der Waals surface area contributed by atoms with E-state index in [2.05, 4.69) is 276 Å². The molecule has 2 heterocycles. The molecule has 3 heteroatoms. The molecule has 0 saturated heterocycles. The maximum absolute atomic E-state index is 2.45. The summed E-state index contributed by atoms with van der Waals surface area (Å²) < 4.78 is 5.05. The molecule has 2 aromatic heterocycles. The van der Waals surface area contributed by atoms with Gasteiger partial charge in [0.15, 0.2) is 0 Å². The number of benzene rings is 11. The number of aromatic nitrogens is 1. The molecule has 1 aliphatic rings. The minimum Gasteiger partial charge on any atom is -0.310 e. The van der Waals surface area contributed by atoms with Gasteiger partial charge in [-0.1, -0.05) is 212 Å². The monoisotopic (exact) mass is 908 g/mol. The molecule has 0 aliphatic heterocycles. The third kappa shape index (κ3) is 6.12. The lowest BCUT2D eigenvalue weighted by molar-refractivity contribution is 0.768. The van der Waals surface area contributed by atoms with Crippen LogP contribution in [0.5, 0.6) is 0 Å². The lowest BCUT2D eigenvalue weighted by atomic mass is 9.67. The normalized spacial score (nSPS) is 12.7. The van der Waals surface area contributed by atoms with Gasteiger partial charge in [0.1, 0.15) is 0 Å². The van der Waals surface area contributed by atoms with Crippen LogP contribution in [0.4, 0.5) is 17.1 Å². The summed E-state index contributed by atoms with van der Waals surface area (Å²) in [5, 5.41) is 5.04. The number of nitrogens with zero attached hydrogens (tertiary/aromatic N) is 2. The molecule has 1 aliphatic carbocycles. The predicted octanol–water partition coefficient (Wildman–Crippen LogP) is 18.3. The van der Waals surface area contributed by atoms with E-state index in [1.165, 1.54) is 103 Å². The molecule has 0 fully saturated rings.